The van der Waals surface area contributed by atoms with Gasteiger partial charge in [0.25, 0.3) is 0 Å². The number of carbonyl (C=O) groups excluding carboxylic acids is 1. The van der Waals surface area contributed by atoms with Crippen LogP contribution in [-0.4, -0.2) is 49.9 Å². The normalized spacial score (nSPS) is 11.5. The van der Waals surface area contributed by atoms with Gasteiger partial charge in [-0.25, -0.2) is 12.8 Å². The first-order valence-electron chi connectivity index (χ1n) is 8.24. The lowest BCUT2D eigenvalue weighted by Gasteiger charge is -2.23. The molecule has 0 unspecified atom stereocenters. The second-order valence-corrected chi connectivity index (χ2v) is 8.16. The number of rotatable bonds is 8. The van der Waals surface area contributed by atoms with E-state index in [9.17, 15) is 17.6 Å². The number of hydrogen-bond acceptors (Lipinski definition) is 3. The minimum atomic E-state index is -3.53. The number of amides is 1. The Morgan fingerprint density at radius 3 is 2.27 bits per heavy atom. The molecule has 0 fully saturated rings. The molecule has 2 aromatic rings. The predicted octanol–water partition coefficient (Wildman–Crippen LogP) is 2.29. The smallest absolute Gasteiger partial charge is 0.237 e. The molecule has 0 N–H and O–H groups in total. The molecule has 26 heavy (non-hydrogen) atoms. The van der Waals surface area contributed by atoms with Gasteiger partial charge in [0, 0.05) is 25.7 Å². The molecule has 0 aliphatic rings. The molecule has 7 heteroatoms. The van der Waals surface area contributed by atoms with Crippen LogP contribution < -0.4 is 0 Å². The Balaban J connectivity index is 2.00. The summed E-state index contributed by atoms with van der Waals surface area (Å²) in [5, 5.41) is 0. The maximum Gasteiger partial charge on any atom is 0.237 e. The number of benzene rings is 2. The van der Waals surface area contributed by atoms with E-state index in [1.807, 2.05) is 30.3 Å². The number of carbonyl (C=O) groups is 1. The summed E-state index contributed by atoms with van der Waals surface area (Å²) in [7, 11) is -2.00. The van der Waals surface area contributed by atoms with E-state index in [-0.39, 0.29) is 25.5 Å². The Hall–Kier alpha value is -2.25. The average molecular weight is 378 g/mol. The third kappa shape index (κ3) is 5.93. The van der Waals surface area contributed by atoms with Crippen LogP contribution in [0.15, 0.2) is 54.6 Å². The van der Waals surface area contributed by atoms with Crippen molar-refractivity contribution in [3.05, 3.63) is 71.5 Å². The Kier molecular flexibility index (Phi) is 6.88. The van der Waals surface area contributed by atoms with Crippen LogP contribution in [0.25, 0.3) is 0 Å². The Morgan fingerprint density at radius 2 is 1.65 bits per heavy atom. The fourth-order valence-electron chi connectivity index (χ4n) is 2.50. The molecule has 0 aromatic heterocycles. The molecule has 0 saturated heterocycles. The summed E-state index contributed by atoms with van der Waals surface area (Å²) in [5.74, 6) is -0.775. The van der Waals surface area contributed by atoms with Gasteiger partial charge in [0.05, 0.1) is 12.8 Å². The molecule has 0 bridgehead atoms. The zero-order valence-electron chi connectivity index (χ0n) is 14.9. The summed E-state index contributed by atoms with van der Waals surface area (Å²) < 4.78 is 38.9. The molecule has 2 rings (SSSR count). The minimum Gasteiger partial charge on any atom is -0.340 e. The van der Waals surface area contributed by atoms with Crippen molar-refractivity contribution in [2.45, 2.75) is 13.0 Å². The van der Waals surface area contributed by atoms with E-state index in [1.165, 1.54) is 18.0 Å². The van der Waals surface area contributed by atoms with E-state index in [1.54, 1.807) is 18.2 Å². The van der Waals surface area contributed by atoms with Crippen molar-refractivity contribution in [3.63, 3.8) is 0 Å². The van der Waals surface area contributed by atoms with E-state index in [0.717, 1.165) is 16.1 Å². The van der Waals surface area contributed by atoms with E-state index in [4.69, 9.17) is 0 Å². The highest BCUT2D eigenvalue weighted by Gasteiger charge is 2.22. The van der Waals surface area contributed by atoms with Gasteiger partial charge < -0.3 is 4.90 Å². The van der Waals surface area contributed by atoms with Gasteiger partial charge in [-0.15, -0.1) is 0 Å². The van der Waals surface area contributed by atoms with Gasteiger partial charge >= 0.3 is 0 Å². The molecular weight excluding hydrogens is 355 g/mol. The third-order valence-corrected chi connectivity index (χ3v) is 5.31. The highest BCUT2D eigenvalue weighted by Crippen LogP contribution is 2.10. The van der Waals surface area contributed by atoms with Gasteiger partial charge in [0.15, 0.2) is 0 Å². The molecule has 2 aromatic carbocycles. The quantitative estimate of drug-likeness (QED) is 0.708. The van der Waals surface area contributed by atoms with Crippen LogP contribution in [0.2, 0.25) is 0 Å². The fraction of sp³-hybridized carbons (Fsp3) is 0.316. The van der Waals surface area contributed by atoms with Gasteiger partial charge in [-0.1, -0.05) is 48.5 Å². The Bertz CT molecular complexity index is 841. The van der Waals surface area contributed by atoms with Crippen molar-refractivity contribution in [2.75, 3.05) is 26.4 Å². The summed E-state index contributed by atoms with van der Waals surface area (Å²) in [6, 6.07) is 15.7. The summed E-state index contributed by atoms with van der Waals surface area (Å²) in [6.45, 7) is 0.0283. The van der Waals surface area contributed by atoms with E-state index >= 15 is 0 Å². The van der Waals surface area contributed by atoms with Crippen molar-refractivity contribution in [2.24, 2.45) is 0 Å². The highest BCUT2D eigenvalue weighted by atomic mass is 32.2. The Labute approximate surface area is 154 Å². The van der Waals surface area contributed by atoms with Crippen molar-refractivity contribution >= 4 is 15.9 Å². The van der Waals surface area contributed by atoms with E-state index in [0.29, 0.717) is 12.0 Å². The number of hydrogen-bond donors (Lipinski definition) is 0. The molecule has 5 nitrogen and oxygen atoms in total. The van der Waals surface area contributed by atoms with Gasteiger partial charge in [-0.3, -0.25) is 4.79 Å². The second kappa shape index (κ2) is 8.91. The van der Waals surface area contributed by atoms with Gasteiger partial charge in [0.2, 0.25) is 15.9 Å². The van der Waals surface area contributed by atoms with Crippen LogP contribution in [-0.2, 0) is 27.8 Å². The molecule has 0 radical (unpaired) electrons. The number of sulfonamides is 1. The van der Waals surface area contributed by atoms with Crippen LogP contribution in [0, 0.1) is 5.82 Å². The number of likely N-dealkylation sites (N-methyl/N-ethyl adjacent to an activating group) is 1. The van der Waals surface area contributed by atoms with Gasteiger partial charge in [0.1, 0.15) is 5.82 Å². The third-order valence-electron chi connectivity index (χ3n) is 4.06. The number of halogens is 1. The topological polar surface area (TPSA) is 57.7 Å². The van der Waals surface area contributed by atoms with Crippen LogP contribution in [0.4, 0.5) is 4.39 Å². The summed E-state index contributed by atoms with van der Waals surface area (Å²) in [4.78, 5) is 13.8. The first-order valence-corrected chi connectivity index (χ1v) is 10.1. The number of nitrogens with zero attached hydrogens (tertiary/aromatic N) is 2. The minimum absolute atomic E-state index is 0.0851. The van der Waals surface area contributed by atoms with Crippen molar-refractivity contribution in [1.29, 1.82) is 0 Å². The van der Waals surface area contributed by atoms with Crippen LogP contribution in [0.1, 0.15) is 11.1 Å². The summed E-state index contributed by atoms with van der Waals surface area (Å²) in [6.07, 6.45) is 1.60. The van der Waals surface area contributed by atoms with Crippen molar-refractivity contribution < 1.29 is 17.6 Å². The van der Waals surface area contributed by atoms with Gasteiger partial charge in [-0.05, 0) is 18.1 Å². The molecule has 0 saturated carbocycles. The molecule has 0 aliphatic heterocycles. The standard InChI is InChI=1S/C19H23FN2O3S/c1-21(14-17-10-6-7-11-18(17)20)19(23)15-22(26(2,24)25)13-12-16-8-4-3-5-9-16/h3-11H,12-15H2,1-2H3. The molecular formula is C19H23FN2O3S. The van der Waals surface area contributed by atoms with E-state index < -0.39 is 15.8 Å². The maximum atomic E-state index is 13.7. The average Bonchev–Trinajstić information content (AvgIpc) is 2.60. The van der Waals surface area contributed by atoms with Crippen molar-refractivity contribution in [3.8, 4) is 0 Å². The first-order chi connectivity index (χ1) is 12.3. The fourth-order valence-corrected chi connectivity index (χ4v) is 3.27. The molecule has 140 valence electrons. The molecule has 0 aliphatic carbocycles. The van der Waals surface area contributed by atoms with Crippen LogP contribution in [0.5, 0.6) is 0 Å². The van der Waals surface area contributed by atoms with Gasteiger partial charge in [-0.2, -0.15) is 4.31 Å². The monoisotopic (exact) mass is 378 g/mol. The molecule has 1 amide bonds. The lowest BCUT2D eigenvalue weighted by Crippen LogP contribution is -2.41. The summed E-state index contributed by atoms with van der Waals surface area (Å²) in [5.41, 5.74) is 1.38. The lowest BCUT2D eigenvalue weighted by atomic mass is 10.1. The maximum absolute atomic E-state index is 13.7. The van der Waals surface area contributed by atoms with Crippen LogP contribution >= 0.6 is 0 Å². The zero-order valence-corrected chi connectivity index (χ0v) is 15.7. The lowest BCUT2D eigenvalue weighted by molar-refractivity contribution is -0.130. The first kappa shape index (κ1) is 20.1. The highest BCUT2D eigenvalue weighted by molar-refractivity contribution is 7.88. The largest absolute Gasteiger partial charge is 0.340 e. The summed E-state index contributed by atoms with van der Waals surface area (Å²) >= 11 is 0. The van der Waals surface area contributed by atoms with E-state index in [2.05, 4.69) is 0 Å². The van der Waals surface area contributed by atoms with Crippen molar-refractivity contribution in [1.82, 2.24) is 9.21 Å². The second-order valence-electron chi connectivity index (χ2n) is 6.17. The predicted molar refractivity (Wildman–Crippen MR) is 99.4 cm³/mol. The molecule has 0 atom stereocenters. The van der Waals surface area contributed by atoms with Crippen LogP contribution in [0.3, 0.4) is 0 Å². The zero-order chi connectivity index (χ0) is 19.2. The Morgan fingerprint density at radius 1 is 1.04 bits per heavy atom. The molecule has 0 spiro atoms. The molecule has 0 heterocycles. The SMILES string of the molecule is CN(Cc1ccccc1F)C(=O)CN(CCc1ccccc1)S(C)(=O)=O.